The van der Waals surface area contributed by atoms with Crippen LogP contribution in [0.3, 0.4) is 0 Å². The van der Waals surface area contributed by atoms with Crippen LogP contribution in [-0.4, -0.2) is 20.4 Å². The average molecular weight is 334 g/mol. The fourth-order valence-electron chi connectivity index (χ4n) is 3.32. The SMILES string of the molecule is Cc1cccc(CC(=O)Nc2nc3ccc(C)nc3n2C2CCC2)c1. The maximum atomic E-state index is 12.5. The van der Waals surface area contributed by atoms with Gasteiger partial charge in [-0.3, -0.25) is 14.7 Å². The molecule has 0 saturated heterocycles. The molecule has 1 aliphatic carbocycles. The minimum absolute atomic E-state index is 0.0433. The molecule has 0 radical (unpaired) electrons. The Morgan fingerprint density at radius 2 is 2.04 bits per heavy atom. The zero-order valence-corrected chi connectivity index (χ0v) is 14.6. The summed E-state index contributed by atoms with van der Waals surface area (Å²) in [6.07, 6.45) is 3.79. The minimum atomic E-state index is -0.0433. The van der Waals surface area contributed by atoms with Crippen molar-refractivity contribution in [2.45, 2.75) is 45.6 Å². The first-order valence-electron chi connectivity index (χ1n) is 8.81. The van der Waals surface area contributed by atoms with Crippen LogP contribution in [-0.2, 0) is 11.2 Å². The maximum Gasteiger partial charge on any atom is 0.231 e. The molecule has 1 fully saturated rings. The molecule has 0 unspecified atom stereocenters. The summed E-state index contributed by atoms with van der Waals surface area (Å²) < 4.78 is 2.11. The van der Waals surface area contributed by atoms with Crippen molar-refractivity contribution in [2.24, 2.45) is 0 Å². The molecule has 1 aromatic carbocycles. The summed E-state index contributed by atoms with van der Waals surface area (Å²) >= 11 is 0. The fraction of sp³-hybridized carbons (Fsp3) is 0.350. The molecule has 5 heteroatoms. The van der Waals surface area contributed by atoms with E-state index in [0.29, 0.717) is 18.4 Å². The smallest absolute Gasteiger partial charge is 0.231 e. The normalized spacial score (nSPS) is 14.5. The molecule has 0 spiro atoms. The third-order valence-corrected chi connectivity index (χ3v) is 4.81. The summed E-state index contributed by atoms with van der Waals surface area (Å²) in [5.74, 6) is 0.577. The van der Waals surface area contributed by atoms with E-state index in [9.17, 15) is 4.79 Å². The second-order valence-corrected chi connectivity index (χ2v) is 6.90. The lowest BCUT2D eigenvalue weighted by Crippen LogP contribution is -2.23. The lowest BCUT2D eigenvalue weighted by atomic mass is 9.93. The van der Waals surface area contributed by atoms with Gasteiger partial charge in [-0.1, -0.05) is 29.8 Å². The highest BCUT2D eigenvalue weighted by Crippen LogP contribution is 2.36. The molecule has 0 atom stereocenters. The van der Waals surface area contributed by atoms with Crippen LogP contribution in [0.15, 0.2) is 36.4 Å². The van der Waals surface area contributed by atoms with Crippen LogP contribution in [0.5, 0.6) is 0 Å². The standard InChI is InChI=1S/C20H22N4O/c1-13-5-3-6-15(11-13)12-18(25)23-20-22-17-10-9-14(2)21-19(17)24(20)16-7-4-8-16/h3,5-6,9-11,16H,4,7-8,12H2,1-2H3,(H,22,23,25). The number of rotatable bonds is 4. The van der Waals surface area contributed by atoms with E-state index < -0.39 is 0 Å². The van der Waals surface area contributed by atoms with Gasteiger partial charge < -0.3 is 0 Å². The van der Waals surface area contributed by atoms with E-state index in [1.807, 2.05) is 50.2 Å². The second-order valence-electron chi connectivity index (χ2n) is 6.90. The highest BCUT2D eigenvalue weighted by atomic mass is 16.1. The quantitative estimate of drug-likeness (QED) is 0.786. The number of amides is 1. The van der Waals surface area contributed by atoms with Gasteiger partial charge in [-0.05, 0) is 50.8 Å². The Morgan fingerprint density at radius 3 is 2.76 bits per heavy atom. The average Bonchev–Trinajstić information content (AvgIpc) is 2.83. The number of aromatic nitrogens is 3. The van der Waals surface area contributed by atoms with Crippen molar-refractivity contribution in [1.29, 1.82) is 0 Å². The molecule has 1 aliphatic rings. The molecule has 0 bridgehead atoms. The van der Waals surface area contributed by atoms with Crippen molar-refractivity contribution >= 4 is 23.0 Å². The van der Waals surface area contributed by atoms with Gasteiger partial charge in [0.15, 0.2) is 5.65 Å². The zero-order valence-electron chi connectivity index (χ0n) is 14.6. The molecule has 1 saturated carbocycles. The molecule has 3 aromatic rings. The molecule has 5 nitrogen and oxygen atoms in total. The van der Waals surface area contributed by atoms with E-state index in [-0.39, 0.29) is 5.91 Å². The van der Waals surface area contributed by atoms with Crippen molar-refractivity contribution in [2.75, 3.05) is 5.32 Å². The lowest BCUT2D eigenvalue weighted by Gasteiger charge is -2.28. The summed E-state index contributed by atoms with van der Waals surface area (Å²) in [6.45, 7) is 4.01. The third kappa shape index (κ3) is 3.14. The Labute approximate surface area is 147 Å². The number of aryl methyl sites for hydroxylation is 2. The van der Waals surface area contributed by atoms with Gasteiger partial charge in [0.25, 0.3) is 0 Å². The van der Waals surface area contributed by atoms with Crippen molar-refractivity contribution in [3.8, 4) is 0 Å². The Hall–Kier alpha value is -2.69. The third-order valence-electron chi connectivity index (χ3n) is 4.81. The van der Waals surface area contributed by atoms with E-state index in [0.717, 1.165) is 40.8 Å². The summed E-state index contributed by atoms with van der Waals surface area (Å²) in [5.41, 5.74) is 4.84. The highest BCUT2D eigenvalue weighted by molar-refractivity contribution is 5.92. The van der Waals surface area contributed by atoms with Gasteiger partial charge in [-0.25, -0.2) is 9.97 Å². The van der Waals surface area contributed by atoms with Gasteiger partial charge in [-0.15, -0.1) is 0 Å². The Kier molecular flexibility index (Phi) is 3.99. The number of nitrogens with zero attached hydrogens (tertiary/aromatic N) is 3. The van der Waals surface area contributed by atoms with Crippen LogP contribution in [0.2, 0.25) is 0 Å². The molecular formula is C20H22N4O. The topological polar surface area (TPSA) is 59.8 Å². The predicted molar refractivity (Wildman–Crippen MR) is 98.7 cm³/mol. The van der Waals surface area contributed by atoms with Crippen molar-refractivity contribution < 1.29 is 4.79 Å². The number of anilines is 1. The van der Waals surface area contributed by atoms with Gasteiger partial charge >= 0.3 is 0 Å². The van der Waals surface area contributed by atoms with E-state index in [4.69, 9.17) is 0 Å². The van der Waals surface area contributed by atoms with E-state index in [1.165, 1.54) is 6.42 Å². The minimum Gasteiger partial charge on any atom is -0.296 e. The largest absolute Gasteiger partial charge is 0.296 e. The van der Waals surface area contributed by atoms with Gasteiger partial charge in [0, 0.05) is 11.7 Å². The molecule has 1 amide bonds. The highest BCUT2D eigenvalue weighted by Gasteiger charge is 2.26. The molecule has 128 valence electrons. The van der Waals surface area contributed by atoms with Crippen molar-refractivity contribution in [1.82, 2.24) is 14.5 Å². The van der Waals surface area contributed by atoms with Gasteiger partial charge in [0.1, 0.15) is 5.52 Å². The summed E-state index contributed by atoms with van der Waals surface area (Å²) in [6, 6.07) is 12.3. The van der Waals surface area contributed by atoms with Crippen LogP contribution < -0.4 is 5.32 Å². The number of fused-ring (bicyclic) bond motifs is 1. The number of pyridine rings is 1. The molecule has 25 heavy (non-hydrogen) atoms. The van der Waals surface area contributed by atoms with Crippen LogP contribution in [0.1, 0.15) is 42.1 Å². The zero-order chi connectivity index (χ0) is 17.4. The maximum absolute atomic E-state index is 12.5. The summed E-state index contributed by atoms with van der Waals surface area (Å²) in [7, 11) is 0. The Bertz CT molecular complexity index is 940. The van der Waals surface area contributed by atoms with E-state index >= 15 is 0 Å². The predicted octanol–water partition coefficient (Wildman–Crippen LogP) is 3.95. The van der Waals surface area contributed by atoms with E-state index in [2.05, 4.69) is 19.9 Å². The van der Waals surface area contributed by atoms with Crippen LogP contribution in [0.25, 0.3) is 11.2 Å². The first kappa shape index (κ1) is 15.8. The monoisotopic (exact) mass is 334 g/mol. The Morgan fingerprint density at radius 1 is 1.20 bits per heavy atom. The summed E-state index contributed by atoms with van der Waals surface area (Å²) in [4.78, 5) is 21.8. The fourth-order valence-corrected chi connectivity index (χ4v) is 3.32. The number of hydrogen-bond acceptors (Lipinski definition) is 3. The van der Waals surface area contributed by atoms with Gasteiger partial charge in [0.05, 0.1) is 6.42 Å². The van der Waals surface area contributed by atoms with Crippen molar-refractivity contribution in [3.63, 3.8) is 0 Å². The summed E-state index contributed by atoms with van der Waals surface area (Å²) in [5, 5.41) is 3.01. The molecule has 2 heterocycles. The van der Waals surface area contributed by atoms with Crippen LogP contribution >= 0.6 is 0 Å². The van der Waals surface area contributed by atoms with E-state index in [1.54, 1.807) is 0 Å². The number of carbonyl (C=O) groups is 1. The number of nitrogens with one attached hydrogen (secondary N) is 1. The lowest BCUT2D eigenvalue weighted by molar-refractivity contribution is -0.115. The molecule has 2 aromatic heterocycles. The molecule has 0 aliphatic heterocycles. The molecule has 1 N–H and O–H groups in total. The van der Waals surface area contributed by atoms with Crippen LogP contribution in [0, 0.1) is 13.8 Å². The number of carbonyl (C=O) groups excluding carboxylic acids is 1. The number of imidazole rings is 1. The number of benzene rings is 1. The molecule has 4 rings (SSSR count). The van der Waals surface area contributed by atoms with Crippen molar-refractivity contribution in [3.05, 3.63) is 53.2 Å². The second kappa shape index (κ2) is 6.31. The number of hydrogen-bond donors (Lipinski definition) is 1. The first-order chi connectivity index (χ1) is 12.1. The molecular weight excluding hydrogens is 312 g/mol. The van der Waals surface area contributed by atoms with Crippen LogP contribution in [0.4, 0.5) is 5.95 Å². The van der Waals surface area contributed by atoms with Gasteiger partial charge in [-0.2, -0.15) is 0 Å². The van der Waals surface area contributed by atoms with Gasteiger partial charge in [0.2, 0.25) is 11.9 Å². The first-order valence-corrected chi connectivity index (χ1v) is 8.81. The Balaban J connectivity index is 1.63.